The standard InChI is InChI=1S/C14H12BrClN2OS/c1-19-8-5-6-9(14(17)20)12(7-8)18-11-4-2-3-10(16)13(11)15/h2-7,18H,1H3,(H2,17,20). The molecule has 0 aliphatic heterocycles. The number of thiocarbonyl (C=S) groups is 1. The van der Waals surface area contributed by atoms with Gasteiger partial charge in [-0.25, -0.2) is 0 Å². The Morgan fingerprint density at radius 3 is 2.70 bits per heavy atom. The SMILES string of the molecule is COc1ccc(C(N)=S)c(Nc2cccc(Cl)c2Br)c1. The molecule has 0 aliphatic rings. The first-order valence-corrected chi connectivity index (χ1v) is 7.29. The summed E-state index contributed by atoms with van der Waals surface area (Å²) in [7, 11) is 1.61. The van der Waals surface area contributed by atoms with E-state index in [1.807, 2.05) is 30.3 Å². The summed E-state index contributed by atoms with van der Waals surface area (Å²) in [5.74, 6) is 0.714. The van der Waals surface area contributed by atoms with Crippen LogP contribution in [0.25, 0.3) is 0 Å². The second kappa shape index (κ2) is 6.43. The summed E-state index contributed by atoms with van der Waals surface area (Å²) in [6.07, 6.45) is 0. The Hall–Kier alpha value is -1.30. The van der Waals surface area contributed by atoms with Crippen molar-refractivity contribution in [1.82, 2.24) is 0 Å². The largest absolute Gasteiger partial charge is 0.497 e. The summed E-state index contributed by atoms with van der Waals surface area (Å²) < 4.78 is 6.00. The lowest BCUT2D eigenvalue weighted by molar-refractivity contribution is 0.415. The molecule has 3 nitrogen and oxygen atoms in total. The van der Waals surface area contributed by atoms with E-state index < -0.39 is 0 Å². The average Bonchev–Trinajstić information content (AvgIpc) is 2.43. The van der Waals surface area contributed by atoms with Crippen LogP contribution in [-0.4, -0.2) is 12.1 Å². The van der Waals surface area contributed by atoms with E-state index in [9.17, 15) is 0 Å². The number of methoxy groups -OCH3 is 1. The number of ether oxygens (including phenoxy) is 1. The van der Waals surface area contributed by atoms with Crippen molar-refractivity contribution >= 4 is 56.1 Å². The molecule has 104 valence electrons. The van der Waals surface area contributed by atoms with Gasteiger partial charge in [-0.2, -0.15) is 0 Å². The molecular weight excluding hydrogens is 360 g/mol. The van der Waals surface area contributed by atoms with Gasteiger partial charge in [-0.05, 0) is 40.2 Å². The molecule has 2 aromatic carbocycles. The summed E-state index contributed by atoms with van der Waals surface area (Å²) in [5.41, 5.74) is 8.07. The molecule has 0 aliphatic carbocycles. The van der Waals surface area contributed by atoms with E-state index in [0.717, 1.165) is 21.4 Å². The predicted octanol–water partition coefficient (Wildman–Crippen LogP) is 4.49. The van der Waals surface area contributed by atoms with E-state index in [-0.39, 0.29) is 0 Å². The molecule has 0 saturated heterocycles. The number of benzene rings is 2. The lowest BCUT2D eigenvalue weighted by Gasteiger charge is -2.14. The summed E-state index contributed by atoms with van der Waals surface area (Å²) in [5, 5.41) is 3.88. The van der Waals surface area contributed by atoms with Gasteiger partial charge in [0.25, 0.3) is 0 Å². The first kappa shape index (κ1) is 15.1. The van der Waals surface area contributed by atoms with E-state index in [4.69, 9.17) is 34.3 Å². The van der Waals surface area contributed by atoms with E-state index >= 15 is 0 Å². The molecular formula is C14H12BrClN2OS. The molecule has 0 aromatic heterocycles. The Balaban J connectivity index is 2.46. The quantitative estimate of drug-likeness (QED) is 0.777. The first-order valence-electron chi connectivity index (χ1n) is 5.72. The maximum absolute atomic E-state index is 6.08. The minimum Gasteiger partial charge on any atom is -0.497 e. The lowest BCUT2D eigenvalue weighted by atomic mass is 10.1. The van der Waals surface area contributed by atoms with Gasteiger partial charge < -0.3 is 15.8 Å². The summed E-state index contributed by atoms with van der Waals surface area (Å²) >= 11 is 14.6. The van der Waals surface area contributed by atoms with Crippen molar-refractivity contribution < 1.29 is 4.74 Å². The van der Waals surface area contributed by atoms with Crippen molar-refractivity contribution in [1.29, 1.82) is 0 Å². The van der Waals surface area contributed by atoms with Crippen molar-refractivity contribution in [2.45, 2.75) is 0 Å². The zero-order chi connectivity index (χ0) is 14.7. The molecule has 20 heavy (non-hydrogen) atoms. The van der Waals surface area contributed by atoms with Crippen molar-refractivity contribution in [2.75, 3.05) is 12.4 Å². The Labute approximate surface area is 136 Å². The molecule has 0 amide bonds. The molecule has 0 spiro atoms. The average molecular weight is 372 g/mol. The van der Waals surface area contributed by atoms with Gasteiger partial charge in [0.05, 0.1) is 28.0 Å². The molecule has 0 unspecified atom stereocenters. The third kappa shape index (κ3) is 3.23. The Bertz CT molecular complexity index is 664. The van der Waals surface area contributed by atoms with Crippen molar-refractivity contribution in [3.05, 3.63) is 51.5 Å². The van der Waals surface area contributed by atoms with Crippen LogP contribution < -0.4 is 15.8 Å². The van der Waals surface area contributed by atoms with Crippen LogP contribution in [0.1, 0.15) is 5.56 Å². The van der Waals surface area contributed by atoms with Gasteiger partial charge in [-0.3, -0.25) is 0 Å². The van der Waals surface area contributed by atoms with E-state index in [0.29, 0.717) is 15.8 Å². The minimum atomic E-state index is 0.313. The fourth-order valence-electron chi connectivity index (χ4n) is 1.71. The Morgan fingerprint density at radius 2 is 2.05 bits per heavy atom. The molecule has 0 radical (unpaired) electrons. The third-order valence-electron chi connectivity index (χ3n) is 2.71. The van der Waals surface area contributed by atoms with Gasteiger partial charge in [0, 0.05) is 11.6 Å². The summed E-state index contributed by atoms with van der Waals surface area (Å²) in [4.78, 5) is 0.313. The zero-order valence-electron chi connectivity index (χ0n) is 10.6. The van der Waals surface area contributed by atoms with Crippen molar-refractivity contribution in [2.24, 2.45) is 5.73 Å². The monoisotopic (exact) mass is 370 g/mol. The van der Waals surface area contributed by atoms with E-state index in [1.54, 1.807) is 13.2 Å². The van der Waals surface area contributed by atoms with Gasteiger partial charge in [-0.15, -0.1) is 0 Å². The third-order valence-corrected chi connectivity index (χ3v) is 4.33. The van der Waals surface area contributed by atoms with Crippen LogP contribution in [-0.2, 0) is 0 Å². The van der Waals surface area contributed by atoms with Crippen LogP contribution in [0.4, 0.5) is 11.4 Å². The fourth-order valence-corrected chi connectivity index (χ4v) is 2.43. The van der Waals surface area contributed by atoms with Crippen LogP contribution in [0.2, 0.25) is 5.02 Å². The lowest BCUT2D eigenvalue weighted by Crippen LogP contribution is -2.12. The number of nitrogens with two attached hydrogens (primary N) is 1. The molecule has 0 bridgehead atoms. The minimum absolute atomic E-state index is 0.313. The first-order chi connectivity index (χ1) is 9.52. The maximum Gasteiger partial charge on any atom is 0.120 e. The molecule has 6 heteroatoms. The predicted molar refractivity (Wildman–Crippen MR) is 91.3 cm³/mol. The Morgan fingerprint density at radius 1 is 1.30 bits per heavy atom. The molecule has 2 rings (SSSR count). The van der Waals surface area contributed by atoms with Gasteiger partial charge in [-0.1, -0.05) is 29.9 Å². The molecule has 3 N–H and O–H groups in total. The number of nitrogens with one attached hydrogen (secondary N) is 1. The molecule has 0 saturated carbocycles. The number of hydrogen-bond donors (Lipinski definition) is 2. The molecule has 0 heterocycles. The Kier molecular flexibility index (Phi) is 4.86. The second-order valence-corrected chi connectivity index (χ2v) is 5.64. The highest BCUT2D eigenvalue weighted by Crippen LogP contribution is 2.34. The van der Waals surface area contributed by atoms with Gasteiger partial charge in [0.15, 0.2) is 0 Å². The van der Waals surface area contributed by atoms with Crippen LogP contribution in [0.3, 0.4) is 0 Å². The van der Waals surface area contributed by atoms with Crippen LogP contribution in [0.15, 0.2) is 40.9 Å². The van der Waals surface area contributed by atoms with E-state index in [1.165, 1.54) is 0 Å². The molecule has 0 fully saturated rings. The van der Waals surface area contributed by atoms with Crippen molar-refractivity contribution in [3.63, 3.8) is 0 Å². The maximum atomic E-state index is 6.08. The fraction of sp³-hybridized carbons (Fsp3) is 0.0714. The smallest absolute Gasteiger partial charge is 0.120 e. The molecule has 0 atom stereocenters. The van der Waals surface area contributed by atoms with Crippen LogP contribution in [0.5, 0.6) is 5.75 Å². The van der Waals surface area contributed by atoms with Gasteiger partial charge in [0.2, 0.25) is 0 Å². The van der Waals surface area contributed by atoms with Gasteiger partial charge >= 0.3 is 0 Å². The van der Waals surface area contributed by atoms with Crippen LogP contribution in [0, 0.1) is 0 Å². The topological polar surface area (TPSA) is 47.3 Å². The highest BCUT2D eigenvalue weighted by atomic mass is 79.9. The number of halogens is 2. The normalized spacial score (nSPS) is 10.2. The summed E-state index contributed by atoms with van der Waals surface area (Å²) in [6.45, 7) is 0. The summed E-state index contributed by atoms with van der Waals surface area (Å²) in [6, 6.07) is 11.0. The second-order valence-electron chi connectivity index (χ2n) is 4.00. The van der Waals surface area contributed by atoms with Crippen LogP contribution >= 0.6 is 39.7 Å². The number of anilines is 2. The highest BCUT2D eigenvalue weighted by Gasteiger charge is 2.10. The van der Waals surface area contributed by atoms with Gasteiger partial charge in [0.1, 0.15) is 10.7 Å². The number of hydrogen-bond acceptors (Lipinski definition) is 3. The van der Waals surface area contributed by atoms with E-state index in [2.05, 4.69) is 21.2 Å². The molecule has 2 aromatic rings. The number of rotatable bonds is 4. The van der Waals surface area contributed by atoms with Crippen molar-refractivity contribution in [3.8, 4) is 5.75 Å². The zero-order valence-corrected chi connectivity index (χ0v) is 13.8. The highest BCUT2D eigenvalue weighted by molar-refractivity contribution is 9.10.